The molecule has 0 fully saturated rings. The summed E-state index contributed by atoms with van der Waals surface area (Å²) in [6.07, 6.45) is 9.92. The number of para-hydroxylation sites is 1. The summed E-state index contributed by atoms with van der Waals surface area (Å²) in [6.45, 7) is 5.51. The third-order valence-corrected chi connectivity index (χ3v) is 4.73. The van der Waals surface area contributed by atoms with Crippen LogP contribution in [0.1, 0.15) is 64.4 Å². The molecule has 0 unspecified atom stereocenters. The lowest BCUT2D eigenvalue weighted by molar-refractivity contribution is -0.123. The van der Waals surface area contributed by atoms with Crippen LogP contribution >= 0.6 is 0 Å². The minimum Gasteiger partial charge on any atom is -0.494 e. The van der Waals surface area contributed by atoms with Crippen molar-refractivity contribution in [3.8, 4) is 17.2 Å². The summed E-state index contributed by atoms with van der Waals surface area (Å²) in [7, 11) is 0. The lowest BCUT2D eigenvalue weighted by Crippen LogP contribution is -2.24. The van der Waals surface area contributed by atoms with Gasteiger partial charge in [-0.1, -0.05) is 58.1 Å². The van der Waals surface area contributed by atoms with Crippen molar-refractivity contribution in [2.24, 2.45) is 5.10 Å². The number of carbonyl (C=O) groups excluding carboxylic acids is 1. The Labute approximate surface area is 192 Å². The van der Waals surface area contributed by atoms with Gasteiger partial charge in [0.05, 0.1) is 19.4 Å². The van der Waals surface area contributed by atoms with E-state index in [0.29, 0.717) is 12.4 Å². The van der Waals surface area contributed by atoms with E-state index >= 15 is 0 Å². The van der Waals surface area contributed by atoms with Gasteiger partial charge >= 0.3 is 0 Å². The van der Waals surface area contributed by atoms with Crippen LogP contribution in [0.3, 0.4) is 0 Å². The first kappa shape index (κ1) is 25.2. The number of hydrogen-bond donors (Lipinski definition) is 1. The van der Waals surface area contributed by atoms with Gasteiger partial charge in [0.1, 0.15) is 17.2 Å². The number of amides is 1. The van der Waals surface area contributed by atoms with Gasteiger partial charge in [-0.25, -0.2) is 5.43 Å². The number of unbranched alkanes of at least 4 members (excludes halogenated alkanes) is 5. The molecule has 0 spiro atoms. The highest BCUT2D eigenvalue weighted by Crippen LogP contribution is 2.18. The number of nitrogens with zero attached hydrogens (tertiary/aromatic N) is 1. The first-order valence-corrected chi connectivity index (χ1v) is 11.6. The van der Waals surface area contributed by atoms with Crippen LogP contribution < -0.4 is 19.6 Å². The van der Waals surface area contributed by atoms with Crippen molar-refractivity contribution in [1.82, 2.24) is 5.43 Å². The molecule has 0 aromatic heterocycles. The predicted octanol–water partition coefficient (Wildman–Crippen LogP) is 5.74. The average Bonchev–Trinajstić information content (AvgIpc) is 2.82. The summed E-state index contributed by atoms with van der Waals surface area (Å²) >= 11 is 0. The Bertz CT molecular complexity index is 806. The van der Waals surface area contributed by atoms with E-state index in [1.165, 1.54) is 32.1 Å². The van der Waals surface area contributed by atoms with Crippen LogP contribution in [0.15, 0.2) is 53.6 Å². The number of hydrogen-bond acceptors (Lipinski definition) is 5. The second-order valence-electron chi connectivity index (χ2n) is 7.56. The van der Waals surface area contributed by atoms with Crippen LogP contribution in [-0.4, -0.2) is 31.9 Å². The van der Waals surface area contributed by atoms with Crippen LogP contribution in [0.4, 0.5) is 0 Å². The molecule has 0 aliphatic rings. The van der Waals surface area contributed by atoms with Crippen LogP contribution in [0.25, 0.3) is 0 Å². The topological polar surface area (TPSA) is 69.2 Å². The summed E-state index contributed by atoms with van der Waals surface area (Å²) < 4.78 is 16.9. The minimum absolute atomic E-state index is 0.122. The Kier molecular flexibility index (Phi) is 12.4. The SMILES string of the molecule is CCCCCCCCOc1ccc(OCC(=O)N/N=C/c2ccccc2OCCC)cc1. The quantitative estimate of drug-likeness (QED) is 0.205. The lowest BCUT2D eigenvalue weighted by Gasteiger charge is -2.09. The van der Waals surface area contributed by atoms with Crippen LogP contribution in [-0.2, 0) is 4.79 Å². The summed E-state index contributed by atoms with van der Waals surface area (Å²) in [5.41, 5.74) is 3.28. The third kappa shape index (κ3) is 10.3. The molecule has 1 amide bonds. The number of benzene rings is 2. The highest BCUT2D eigenvalue weighted by Gasteiger charge is 2.03. The van der Waals surface area contributed by atoms with Crippen molar-refractivity contribution < 1.29 is 19.0 Å². The van der Waals surface area contributed by atoms with Gasteiger partial charge in [-0.3, -0.25) is 4.79 Å². The fourth-order valence-corrected chi connectivity index (χ4v) is 2.99. The summed E-state index contributed by atoms with van der Waals surface area (Å²) in [6, 6.07) is 14.9. The van der Waals surface area contributed by atoms with Crippen molar-refractivity contribution in [1.29, 1.82) is 0 Å². The highest BCUT2D eigenvalue weighted by molar-refractivity contribution is 5.85. The lowest BCUT2D eigenvalue weighted by atomic mass is 10.1. The first-order valence-electron chi connectivity index (χ1n) is 11.6. The van der Waals surface area contributed by atoms with Crippen molar-refractivity contribution >= 4 is 12.1 Å². The zero-order valence-corrected chi connectivity index (χ0v) is 19.3. The molecule has 0 aliphatic heterocycles. The van der Waals surface area contributed by atoms with Crippen molar-refractivity contribution in [2.45, 2.75) is 58.8 Å². The molecule has 0 heterocycles. The summed E-state index contributed by atoms with van der Waals surface area (Å²) in [5.74, 6) is 1.82. The van der Waals surface area contributed by atoms with Crippen LogP contribution in [0.5, 0.6) is 17.2 Å². The maximum atomic E-state index is 12.0. The molecule has 2 rings (SSSR count). The standard InChI is InChI=1S/C26H36N2O4/c1-3-5-6-7-8-11-19-30-23-14-16-24(17-15-23)32-21-26(29)28-27-20-22-12-9-10-13-25(22)31-18-4-2/h9-10,12-17,20H,3-8,11,18-19,21H2,1-2H3,(H,28,29)/b27-20+. The number of hydrazone groups is 1. The number of nitrogens with one attached hydrogen (secondary N) is 1. The van der Waals surface area contributed by atoms with Crippen LogP contribution in [0.2, 0.25) is 0 Å². The molecule has 0 aliphatic carbocycles. The smallest absolute Gasteiger partial charge is 0.277 e. The van der Waals surface area contributed by atoms with Gasteiger partial charge in [0.25, 0.3) is 5.91 Å². The van der Waals surface area contributed by atoms with Crippen molar-refractivity contribution in [3.63, 3.8) is 0 Å². The average molecular weight is 441 g/mol. The zero-order valence-electron chi connectivity index (χ0n) is 19.3. The van der Waals surface area contributed by atoms with Crippen LogP contribution in [0, 0.1) is 0 Å². The van der Waals surface area contributed by atoms with Gasteiger partial charge in [0, 0.05) is 5.56 Å². The Morgan fingerprint density at radius 3 is 2.25 bits per heavy atom. The van der Waals surface area contributed by atoms with E-state index < -0.39 is 0 Å². The zero-order chi connectivity index (χ0) is 22.9. The molecule has 0 saturated heterocycles. The number of ether oxygens (including phenoxy) is 3. The Morgan fingerprint density at radius 1 is 0.812 bits per heavy atom. The first-order chi connectivity index (χ1) is 15.7. The van der Waals surface area contributed by atoms with E-state index in [2.05, 4.69) is 17.5 Å². The maximum Gasteiger partial charge on any atom is 0.277 e. The fourth-order valence-electron chi connectivity index (χ4n) is 2.99. The molecule has 32 heavy (non-hydrogen) atoms. The highest BCUT2D eigenvalue weighted by atomic mass is 16.5. The monoisotopic (exact) mass is 440 g/mol. The second kappa shape index (κ2) is 15.7. The Hall–Kier alpha value is -3.02. The maximum absolute atomic E-state index is 12.0. The molecule has 0 bridgehead atoms. The molecule has 0 atom stereocenters. The van der Waals surface area contributed by atoms with E-state index in [-0.39, 0.29) is 12.5 Å². The molecular weight excluding hydrogens is 404 g/mol. The summed E-state index contributed by atoms with van der Waals surface area (Å²) in [4.78, 5) is 12.0. The van der Waals surface area contributed by atoms with Gasteiger partial charge in [-0.2, -0.15) is 5.10 Å². The minimum atomic E-state index is -0.336. The number of carbonyl (C=O) groups is 1. The molecule has 0 saturated carbocycles. The molecule has 6 nitrogen and oxygen atoms in total. The van der Waals surface area contributed by atoms with E-state index in [1.54, 1.807) is 18.3 Å². The van der Waals surface area contributed by atoms with E-state index in [0.717, 1.165) is 36.5 Å². The molecule has 174 valence electrons. The molecule has 0 radical (unpaired) electrons. The Balaban J connectivity index is 1.66. The molecular formula is C26H36N2O4. The van der Waals surface area contributed by atoms with Gasteiger partial charge in [-0.15, -0.1) is 0 Å². The largest absolute Gasteiger partial charge is 0.494 e. The van der Waals surface area contributed by atoms with Gasteiger partial charge in [0.15, 0.2) is 6.61 Å². The van der Waals surface area contributed by atoms with Gasteiger partial charge in [-0.05, 0) is 49.2 Å². The second-order valence-corrected chi connectivity index (χ2v) is 7.56. The van der Waals surface area contributed by atoms with Crippen molar-refractivity contribution in [3.05, 3.63) is 54.1 Å². The third-order valence-electron chi connectivity index (χ3n) is 4.73. The number of rotatable bonds is 16. The van der Waals surface area contributed by atoms with Crippen molar-refractivity contribution in [2.75, 3.05) is 19.8 Å². The summed E-state index contributed by atoms with van der Waals surface area (Å²) in [5, 5.41) is 4.00. The molecule has 2 aromatic rings. The normalized spacial score (nSPS) is 10.8. The van der Waals surface area contributed by atoms with Gasteiger partial charge in [0.2, 0.25) is 0 Å². The van der Waals surface area contributed by atoms with E-state index in [9.17, 15) is 4.79 Å². The Morgan fingerprint density at radius 2 is 1.50 bits per heavy atom. The predicted molar refractivity (Wildman–Crippen MR) is 129 cm³/mol. The molecule has 2 aromatic carbocycles. The van der Waals surface area contributed by atoms with Gasteiger partial charge < -0.3 is 14.2 Å². The molecule has 6 heteroatoms. The molecule has 1 N–H and O–H groups in total. The van der Waals surface area contributed by atoms with E-state index in [1.807, 2.05) is 43.3 Å². The fraction of sp³-hybridized carbons (Fsp3) is 0.462. The van der Waals surface area contributed by atoms with E-state index in [4.69, 9.17) is 14.2 Å².